The fourth-order valence-corrected chi connectivity index (χ4v) is 1.53. The van der Waals surface area contributed by atoms with Gasteiger partial charge in [0.1, 0.15) is 0 Å². The normalized spacial score (nSPS) is 14.0. The van der Waals surface area contributed by atoms with Gasteiger partial charge < -0.3 is 11.1 Å². The van der Waals surface area contributed by atoms with Crippen molar-refractivity contribution in [1.29, 1.82) is 0 Å². The molecule has 2 amide bonds. The SMILES string of the molecule is NC(=O)C=Cc1ccc2c(c1)CC(=O)N2. The van der Waals surface area contributed by atoms with Gasteiger partial charge in [-0.1, -0.05) is 6.07 Å². The molecule has 1 aliphatic rings. The zero-order chi connectivity index (χ0) is 10.8. The second-order valence-electron chi connectivity index (χ2n) is 3.38. The van der Waals surface area contributed by atoms with Gasteiger partial charge >= 0.3 is 0 Å². The Labute approximate surface area is 86.8 Å². The van der Waals surface area contributed by atoms with E-state index in [-0.39, 0.29) is 5.91 Å². The minimum absolute atomic E-state index is 0.000954. The highest BCUT2D eigenvalue weighted by Crippen LogP contribution is 2.24. The van der Waals surface area contributed by atoms with E-state index < -0.39 is 5.91 Å². The summed E-state index contributed by atoms with van der Waals surface area (Å²) in [5.41, 5.74) is 7.64. The quantitative estimate of drug-likeness (QED) is 0.692. The number of rotatable bonds is 2. The molecule has 1 aromatic carbocycles. The summed E-state index contributed by atoms with van der Waals surface area (Å²) in [6, 6.07) is 5.51. The zero-order valence-electron chi connectivity index (χ0n) is 7.99. The molecule has 1 aliphatic heterocycles. The molecule has 0 aliphatic carbocycles. The molecular formula is C11H10N2O2. The molecule has 1 heterocycles. The summed E-state index contributed by atoms with van der Waals surface area (Å²) in [4.78, 5) is 21.6. The van der Waals surface area contributed by atoms with Crippen LogP contribution in [-0.4, -0.2) is 11.8 Å². The van der Waals surface area contributed by atoms with Crippen LogP contribution in [0, 0.1) is 0 Å². The van der Waals surface area contributed by atoms with Gasteiger partial charge in [-0.3, -0.25) is 9.59 Å². The molecule has 0 atom stereocenters. The van der Waals surface area contributed by atoms with E-state index >= 15 is 0 Å². The summed E-state index contributed by atoms with van der Waals surface area (Å²) in [6.45, 7) is 0. The topological polar surface area (TPSA) is 72.2 Å². The van der Waals surface area contributed by atoms with Crippen molar-refractivity contribution < 1.29 is 9.59 Å². The maximum absolute atomic E-state index is 11.1. The van der Waals surface area contributed by atoms with Crippen molar-refractivity contribution >= 4 is 23.6 Å². The Morgan fingerprint density at radius 2 is 2.27 bits per heavy atom. The van der Waals surface area contributed by atoms with Crippen LogP contribution in [0.15, 0.2) is 24.3 Å². The molecule has 0 unspecified atom stereocenters. The first kappa shape index (κ1) is 9.45. The van der Waals surface area contributed by atoms with Gasteiger partial charge in [-0.15, -0.1) is 0 Å². The van der Waals surface area contributed by atoms with Crippen molar-refractivity contribution in [1.82, 2.24) is 0 Å². The molecule has 0 bridgehead atoms. The van der Waals surface area contributed by atoms with Crippen LogP contribution >= 0.6 is 0 Å². The number of hydrogen-bond donors (Lipinski definition) is 2. The lowest BCUT2D eigenvalue weighted by molar-refractivity contribution is -0.115. The van der Waals surface area contributed by atoms with E-state index in [9.17, 15) is 9.59 Å². The Morgan fingerprint density at radius 1 is 1.47 bits per heavy atom. The van der Waals surface area contributed by atoms with E-state index in [1.807, 2.05) is 18.2 Å². The van der Waals surface area contributed by atoms with Crippen molar-refractivity contribution in [2.75, 3.05) is 5.32 Å². The minimum Gasteiger partial charge on any atom is -0.366 e. The van der Waals surface area contributed by atoms with E-state index in [0.29, 0.717) is 6.42 Å². The van der Waals surface area contributed by atoms with Crippen LogP contribution in [0.4, 0.5) is 5.69 Å². The predicted molar refractivity (Wildman–Crippen MR) is 57.0 cm³/mol. The van der Waals surface area contributed by atoms with Crippen LogP contribution in [0.3, 0.4) is 0 Å². The molecule has 2 rings (SSSR count). The lowest BCUT2D eigenvalue weighted by Gasteiger charge is -1.98. The smallest absolute Gasteiger partial charge is 0.241 e. The summed E-state index contributed by atoms with van der Waals surface area (Å²) in [5.74, 6) is -0.481. The summed E-state index contributed by atoms with van der Waals surface area (Å²) in [5, 5.41) is 2.73. The molecule has 0 spiro atoms. The minimum atomic E-state index is -0.482. The molecule has 4 nitrogen and oxygen atoms in total. The Morgan fingerprint density at radius 3 is 3.00 bits per heavy atom. The maximum Gasteiger partial charge on any atom is 0.241 e. The monoisotopic (exact) mass is 202 g/mol. The van der Waals surface area contributed by atoms with Gasteiger partial charge in [0.2, 0.25) is 11.8 Å². The lowest BCUT2D eigenvalue weighted by atomic mass is 10.1. The summed E-state index contributed by atoms with van der Waals surface area (Å²) >= 11 is 0. The number of hydrogen-bond acceptors (Lipinski definition) is 2. The van der Waals surface area contributed by atoms with E-state index in [4.69, 9.17) is 5.73 Å². The largest absolute Gasteiger partial charge is 0.366 e. The Hall–Kier alpha value is -2.10. The first-order valence-electron chi connectivity index (χ1n) is 4.55. The highest BCUT2D eigenvalue weighted by molar-refractivity contribution is 5.99. The Kier molecular flexibility index (Phi) is 2.25. The van der Waals surface area contributed by atoms with Gasteiger partial charge in [0.15, 0.2) is 0 Å². The molecule has 76 valence electrons. The molecule has 0 saturated carbocycles. The first-order valence-corrected chi connectivity index (χ1v) is 4.55. The standard InChI is InChI=1S/C11H10N2O2/c12-10(14)4-2-7-1-3-9-8(5-7)6-11(15)13-9/h1-5H,6H2,(H2,12,14)(H,13,15). The van der Waals surface area contributed by atoms with E-state index in [2.05, 4.69) is 5.32 Å². The summed E-state index contributed by atoms with van der Waals surface area (Å²) < 4.78 is 0. The number of fused-ring (bicyclic) bond motifs is 1. The average molecular weight is 202 g/mol. The Balaban J connectivity index is 2.27. The molecule has 15 heavy (non-hydrogen) atoms. The first-order chi connectivity index (χ1) is 7.15. The fraction of sp³-hybridized carbons (Fsp3) is 0.0909. The average Bonchev–Trinajstić information content (AvgIpc) is 2.53. The lowest BCUT2D eigenvalue weighted by Crippen LogP contribution is -2.05. The molecular weight excluding hydrogens is 192 g/mol. The van der Waals surface area contributed by atoms with E-state index in [1.165, 1.54) is 6.08 Å². The molecule has 3 N–H and O–H groups in total. The predicted octanol–water partition coefficient (Wildman–Crippen LogP) is 0.680. The number of benzene rings is 1. The third kappa shape index (κ3) is 2.04. The fourth-order valence-electron chi connectivity index (χ4n) is 1.53. The van der Waals surface area contributed by atoms with Gasteiger partial charge in [0.05, 0.1) is 6.42 Å². The molecule has 0 radical (unpaired) electrons. The van der Waals surface area contributed by atoms with E-state index in [0.717, 1.165) is 16.8 Å². The van der Waals surface area contributed by atoms with Crippen LogP contribution in [0.1, 0.15) is 11.1 Å². The van der Waals surface area contributed by atoms with Gasteiger partial charge in [-0.2, -0.15) is 0 Å². The van der Waals surface area contributed by atoms with Crippen molar-refractivity contribution in [3.63, 3.8) is 0 Å². The second kappa shape index (κ2) is 3.57. The third-order valence-electron chi connectivity index (χ3n) is 2.19. The van der Waals surface area contributed by atoms with Crippen LogP contribution in [-0.2, 0) is 16.0 Å². The number of amides is 2. The van der Waals surface area contributed by atoms with Crippen LogP contribution < -0.4 is 11.1 Å². The number of anilines is 1. The van der Waals surface area contributed by atoms with Crippen LogP contribution in [0.25, 0.3) is 6.08 Å². The van der Waals surface area contributed by atoms with Crippen molar-refractivity contribution in [3.05, 3.63) is 35.4 Å². The van der Waals surface area contributed by atoms with E-state index in [1.54, 1.807) is 6.08 Å². The van der Waals surface area contributed by atoms with Crippen LogP contribution in [0.5, 0.6) is 0 Å². The molecule has 0 saturated heterocycles. The van der Waals surface area contributed by atoms with Crippen molar-refractivity contribution in [3.8, 4) is 0 Å². The highest BCUT2D eigenvalue weighted by atomic mass is 16.2. The van der Waals surface area contributed by atoms with Crippen molar-refractivity contribution in [2.24, 2.45) is 5.73 Å². The third-order valence-corrected chi connectivity index (χ3v) is 2.19. The number of nitrogens with two attached hydrogens (primary N) is 1. The molecule has 1 aromatic rings. The van der Waals surface area contributed by atoms with Gasteiger partial charge in [0, 0.05) is 11.8 Å². The van der Waals surface area contributed by atoms with Gasteiger partial charge in [-0.25, -0.2) is 0 Å². The molecule has 4 heteroatoms. The number of carbonyl (C=O) groups excluding carboxylic acids is 2. The number of nitrogens with one attached hydrogen (secondary N) is 1. The summed E-state index contributed by atoms with van der Waals surface area (Å²) in [6.07, 6.45) is 3.32. The number of primary amides is 1. The number of carbonyl (C=O) groups is 2. The zero-order valence-corrected chi connectivity index (χ0v) is 7.99. The second-order valence-corrected chi connectivity index (χ2v) is 3.38. The molecule has 0 aromatic heterocycles. The van der Waals surface area contributed by atoms with Crippen LogP contribution in [0.2, 0.25) is 0 Å². The van der Waals surface area contributed by atoms with Crippen molar-refractivity contribution in [2.45, 2.75) is 6.42 Å². The van der Waals surface area contributed by atoms with Gasteiger partial charge in [-0.05, 0) is 29.3 Å². The highest BCUT2D eigenvalue weighted by Gasteiger charge is 2.16. The molecule has 0 fully saturated rings. The summed E-state index contributed by atoms with van der Waals surface area (Å²) in [7, 11) is 0. The maximum atomic E-state index is 11.1. The van der Waals surface area contributed by atoms with Gasteiger partial charge in [0.25, 0.3) is 0 Å². The Bertz CT molecular complexity index is 464.